The van der Waals surface area contributed by atoms with Gasteiger partial charge in [-0.1, -0.05) is 18.2 Å². The van der Waals surface area contributed by atoms with Gasteiger partial charge in [-0.05, 0) is 51.0 Å². The van der Waals surface area contributed by atoms with Crippen molar-refractivity contribution < 1.29 is 43.0 Å². The van der Waals surface area contributed by atoms with Gasteiger partial charge in [0.25, 0.3) is 5.69 Å². The third kappa shape index (κ3) is 7.67. The van der Waals surface area contributed by atoms with Crippen molar-refractivity contribution in [2.45, 2.75) is 45.6 Å². The van der Waals surface area contributed by atoms with Crippen LogP contribution in [0, 0.1) is 10.1 Å². The number of esters is 3. The number of hydrogen-bond acceptors (Lipinski definition) is 11. The van der Waals surface area contributed by atoms with E-state index in [-0.39, 0.29) is 59.8 Å². The van der Waals surface area contributed by atoms with E-state index in [0.29, 0.717) is 23.7 Å². The first-order valence-corrected chi connectivity index (χ1v) is 14.0. The number of ether oxygens (including phenoxy) is 4. The number of nitro benzene ring substituents is 1. The van der Waals surface area contributed by atoms with Gasteiger partial charge in [0.05, 0.1) is 33.7 Å². The molecule has 0 aromatic heterocycles. The second-order valence-electron chi connectivity index (χ2n) is 10.2. The van der Waals surface area contributed by atoms with Crippen LogP contribution in [0.1, 0.15) is 55.5 Å². The molecule has 2 aliphatic rings. The van der Waals surface area contributed by atoms with Gasteiger partial charge >= 0.3 is 17.9 Å². The van der Waals surface area contributed by atoms with Crippen molar-refractivity contribution in [1.29, 1.82) is 0 Å². The highest BCUT2D eigenvalue weighted by atomic mass is 16.6. The van der Waals surface area contributed by atoms with Crippen LogP contribution in [0.25, 0.3) is 0 Å². The maximum absolute atomic E-state index is 13.5. The Morgan fingerprint density at radius 1 is 0.932 bits per heavy atom. The number of nitrogens with zero attached hydrogens (tertiary/aromatic N) is 1. The van der Waals surface area contributed by atoms with Crippen LogP contribution in [0.4, 0.5) is 11.4 Å². The minimum absolute atomic E-state index is 0.00300. The molecule has 1 fully saturated rings. The molecular weight excluding hydrogens is 574 g/mol. The Morgan fingerprint density at radius 3 is 2.14 bits per heavy atom. The Labute approximate surface area is 253 Å². The van der Waals surface area contributed by atoms with Gasteiger partial charge in [0.2, 0.25) is 5.91 Å². The number of allylic oxidation sites excluding steroid dienone is 2. The van der Waals surface area contributed by atoms with Gasteiger partial charge in [-0.3, -0.25) is 14.9 Å². The zero-order valence-electron chi connectivity index (χ0n) is 24.5. The topological polar surface area (TPSA) is 172 Å². The number of para-hydroxylation sites is 1. The van der Waals surface area contributed by atoms with Crippen molar-refractivity contribution in [1.82, 2.24) is 5.32 Å². The second kappa shape index (κ2) is 14.4. The molecule has 2 aromatic rings. The average molecular weight is 608 g/mol. The van der Waals surface area contributed by atoms with Crippen molar-refractivity contribution in [2.24, 2.45) is 0 Å². The van der Waals surface area contributed by atoms with Gasteiger partial charge < -0.3 is 29.6 Å². The summed E-state index contributed by atoms with van der Waals surface area (Å²) in [7, 11) is 0. The number of nitrogens with one attached hydrogen (secondary N) is 2. The summed E-state index contributed by atoms with van der Waals surface area (Å²) >= 11 is 0. The highest BCUT2D eigenvalue weighted by Crippen LogP contribution is 2.42. The molecule has 0 spiro atoms. The minimum Gasteiger partial charge on any atom is -0.459 e. The molecule has 1 amide bonds. The van der Waals surface area contributed by atoms with E-state index in [4.69, 9.17) is 18.9 Å². The molecule has 2 aliphatic heterocycles. The van der Waals surface area contributed by atoms with Crippen LogP contribution in [-0.4, -0.2) is 61.3 Å². The lowest BCUT2D eigenvalue weighted by molar-refractivity contribution is -0.385. The van der Waals surface area contributed by atoms with Crippen molar-refractivity contribution >= 4 is 35.2 Å². The Morgan fingerprint density at radius 2 is 1.55 bits per heavy atom. The van der Waals surface area contributed by atoms with E-state index >= 15 is 0 Å². The number of amides is 1. The molecule has 232 valence electrons. The molecule has 0 bridgehead atoms. The lowest BCUT2D eigenvalue weighted by Gasteiger charge is -2.30. The normalized spacial score (nSPS) is 17.9. The van der Waals surface area contributed by atoms with Crippen molar-refractivity contribution in [3.8, 4) is 0 Å². The fourth-order valence-electron chi connectivity index (χ4n) is 5.09. The van der Waals surface area contributed by atoms with Crippen LogP contribution in [0.2, 0.25) is 0 Å². The lowest BCUT2D eigenvalue weighted by atomic mass is 9.79. The first-order valence-electron chi connectivity index (χ1n) is 14.0. The van der Waals surface area contributed by atoms with Crippen LogP contribution >= 0.6 is 0 Å². The Balaban J connectivity index is 1.50. The molecule has 1 saturated heterocycles. The van der Waals surface area contributed by atoms with Gasteiger partial charge in [-0.25, -0.2) is 14.4 Å². The van der Waals surface area contributed by atoms with E-state index in [1.54, 1.807) is 32.0 Å². The zero-order chi connectivity index (χ0) is 31.8. The smallest absolute Gasteiger partial charge is 0.338 e. The van der Waals surface area contributed by atoms with Crippen LogP contribution in [0.5, 0.6) is 0 Å². The molecule has 2 heterocycles. The summed E-state index contributed by atoms with van der Waals surface area (Å²) in [6.45, 7) is 4.56. The van der Waals surface area contributed by atoms with E-state index in [9.17, 15) is 29.3 Å². The summed E-state index contributed by atoms with van der Waals surface area (Å²) in [5, 5.41) is 17.6. The summed E-state index contributed by atoms with van der Waals surface area (Å²) in [6, 6.07) is 11.9. The highest BCUT2D eigenvalue weighted by molar-refractivity contribution is 6.00. The fourth-order valence-corrected chi connectivity index (χ4v) is 5.09. The number of carbonyl (C=O) groups excluding carboxylic acids is 4. The molecule has 0 unspecified atom stereocenters. The fraction of sp³-hybridized carbons (Fsp3) is 0.355. The van der Waals surface area contributed by atoms with Gasteiger partial charge in [-0.15, -0.1) is 0 Å². The van der Waals surface area contributed by atoms with Crippen LogP contribution in [-0.2, 0) is 33.3 Å². The number of dihydropyridines is 1. The molecule has 0 radical (unpaired) electrons. The average Bonchev–Trinajstić information content (AvgIpc) is 3.51. The number of nitro groups is 1. The SMILES string of the molecule is CC(=O)Nc1ccc(C(=O)OCCOC(=O)C2=C(C)NC(C)=C(C(=O)OC[C@@H]3CCCO3)[C@H]2c2ccccc2[N+](=O)[O-])cc1. The largest absolute Gasteiger partial charge is 0.459 e. The summed E-state index contributed by atoms with van der Waals surface area (Å²) in [6.07, 6.45) is 1.34. The number of carbonyl (C=O) groups is 4. The number of benzene rings is 2. The van der Waals surface area contributed by atoms with Gasteiger partial charge in [-0.2, -0.15) is 0 Å². The molecule has 44 heavy (non-hydrogen) atoms. The maximum atomic E-state index is 13.5. The van der Waals surface area contributed by atoms with Crippen LogP contribution < -0.4 is 10.6 Å². The predicted molar refractivity (Wildman–Crippen MR) is 156 cm³/mol. The quantitative estimate of drug-likeness (QED) is 0.125. The second-order valence-corrected chi connectivity index (χ2v) is 10.2. The van der Waals surface area contributed by atoms with Crippen molar-refractivity contribution in [3.05, 3.63) is 92.3 Å². The maximum Gasteiger partial charge on any atom is 0.338 e. The van der Waals surface area contributed by atoms with Crippen molar-refractivity contribution in [3.63, 3.8) is 0 Å². The van der Waals surface area contributed by atoms with E-state index in [2.05, 4.69) is 10.6 Å². The van der Waals surface area contributed by atoms with Crippen LogP contribution in [0.3, 0.4) is 0 Å². The third-order valence-electron chi connectivity index (χ3n) is 7.06. The summed E-state index contributed by atoms with van der Waals surface area (Å²) < 4.78 is 21.7. The molecule has 13 nitrogen and oxygen atoms in total. The first-order chi connectivity index (χ1) is 21.1. The van der Waals surface area contributed by atoms with E-state index < -0.39 is 28.7 Å². The Kier molecular flexibility index (Phi) is 10.5. The minimum atomic E-state index is -1.17. The number of hydrogen-bond donors (Lipinski definition) is 2. The number of anilines is 1. The molecule has 4 rings (SSSR count). The highest BCUT2D eigenvalue weighted by Gasteiger charge is 2.41. The molecule has 2 aromatic carbocycles. The summed E-state index contributed by atoms with van der Waals surface area (Å²) in [5.41, 5.74) is 1.29. The Bertz CT molecular complexity index is 1510. The first kappa shape index (κ1) is 31.9. The standard InChI is InChI=1S/C31H33N3O10/c1-18-26(30(37)43-16-15-42-29(36)21-10-12-22(13-11-21)33-20(3)35)28(24-8-4-5-9-25(24)34(39)40)27(19(2)32-18)31(38)44-17-23-7-6-14-41-23/h4-5,8-13,23,28,32H,6-7,14-17H2,1-3H3,(H,33,35)/t23-,28-/m0/s1. The van der Waals surface area contributed by atoms with Gasteiger partial charge in [0.1, 0.15) is 19.8 Å². The molecule has 0 aliphatic carbocycles. The zero-order valence-corrected chi connectivity index (χ0v) is 24.5. The van der Waals surface area contributed by atoms with Gasteiger partial charge in [0, 0.05) is 42.2 Å². The molecule has 2 N–H and O–H groups in total. The Hall–Kier alpha value is -5.04. The number of rotatable bonds is 11. The summed E-state index contributed by atoms with van der Waals surface area (Å²) in [4.78, 5) is 61.9. The van der Waals surface area contributed by atoms with Crippen LogP contribution in [0.15, 0.2) is 71.1 Å². The molecule has 13 heteroatoms. The van der Waals surface area contributed by atoms with Crippen molar-refractivity contribution in [2.75, 3.05) is 31.7 Å². The van der Waals surface area contributed by atoms with E-state index in [1.807, 2.05) is 0 Å². The van der Waals surface area contributed by atoms with Gasteiger partial charge in [0.15, 0.2) is 0 Å². The third-order valence-corrected chi connectivity index (χ3v) is 7.06. The summed E-state index contributed by atoms with van der Waals surface area (Å²) in [5.74, 6) is -3.70. The molecular formula is C31H33N3O10. The van der Waals surface area contributed by atoms with E-state index in [0.717, 1.165) is 12.8 Å². The lowest BCUT2D eigenvalue weighted by Crippen LogP contribution is -2.33. The predicted octanol–water partition coefficient (Wildman–Crippen LogP) is 3.91. The monoisotopic (exact) mass is 607 g/mol. The molecule has 2 atom stereocenters. The molecule has 0 saturated carbocycles. The van der Waals surface area contributed by atoms with E-state index in [1.165, 1.54) is 37.3 Å².